The van der Waals surface area contributed by atoms with Gasteiger partial charge in [-0.15, -0.1) is 0 Å². The molecule has 34 heavy (non-hydrogen) atoms. The van der Waals surface area contributed by atoms with E-state index in [2.05, 4.69) is 38.5 Å². The van der Waals surface area contributed by atoms with E-state index >= 15 is 0 Å². The maximum absolute atomic E-state index is 12.2. The normalized spacial score (nSPS) is 36.4. The molecule has 0 N–H and O–H groups in total. The number of unbranched alkanes of at least 4 members (excludes halogenated alkanes) is 2. The first-order valence-corrected chi connectivity index (χ1v) is 14.2. The molecule has 0 radical (unpaired) electrons. The van der Waals surface area contributed by atoms with Crippen LogP contribution in [0.5, 0.6) is 0 Å². The van der Waals surface area contributed by atoms with E-state index in [0.29, 0.717) is 28.1 Å². The van der Waals surface area contributed by atoms with Gasteiger partial charge in [-0.2, -0.15) is 0 Å². The predicted molar refractivity (Wildman–Crippen MR) is 143 cm³/mol. The zero-order chi connectivity index (χ0) is 25.5. The van der Waals surface area contributed by atoms with Gasteiger partial charge in [-0.3, -0.25) is 4.79 Å². The minimum absolute atomic E-state index is 0.221. The third-order valence-electron chi connectivity index (χ3n) is 9.76. The predicted octanol–water partition coefficient (Wildman–Crippen LogP) is 8.48. The van der Waals surface area contributed by atoms with Crippen LogP contribution in [0, 0.1) is 34.5 Å². The smallest absolute Gasteiger partial charge is 0.333 e. The molecule has 3 fully saturated rings. The van der Waals surface area contributed by atoms with E-state index in [9.17, 15) is 9.59 Å². The number of fused-ring (bicyclic) bond motifs is 5. The van der Waals surface area contributed by atoms with Gasteiger partial charge in [0.05, 0.1) is 7.11 Å². The van der Waals surface area contributed by atoms with Crippen molar-refractivity contribution in [3.8, 4) is 0 Å². The summed E-state index contributed by atoms with van der Waals surface area (Å²) >= 11 is 0. The van der Waals surface area contributed by atoms with Crippen molar-refractivity contribution < 1.29 is 14.3 Å². The Labute approximate surface area is 210 Å². The molecule has 0 aromatic heterocycles. The summed E-state index contributed by atoms with van der Waals surface area (Å²) in [7, 11) is 1.40. The van der Waals surface area contributed by atoms with Crippen molar-refractivity contribution in [2.45, 2.75) is 119 Å². The van der Waals surface area contributed by atoms with Gasteiger partial charge in [0, 0.05) is 17.9 Å². The summed E-state index contributed by atoms with van der Waals surface area (Å²) in [5.41, 5.74) is 3.42. The van der Waals surface area contributed by atoms with Crippen molar-refractivity contribution in [3.63, 3.8) is 0 Å². The van der Waals surface area contributed by atoms with Crippen LogP contribution in [0.3, 0.4) is 0 Å². The van der Waals surface area contributed by atoms with Gasteiger partial charge in [0.1, 0.15) is 5.78 Å². The lowest BCUT2D eigenvalue weighted by Gasteiger charge is -2.58. The summed E-state index contributed by atoms with van der Waals surface area (Å²) in [4.78, 5) is 23.0. The Kier molecular flexibility index (Phi) is 10.6. The van der Waals surface area contributed by atoms with Gasteiger partial charge in [-0.25, -0.2) is 4.79 Å². The van der Waals surface area contributed by atoms with Crippen molar-refractivity contribution in [2.75, 3.05) is 7.11 Å². The van der Waals surface area contributed by atoms with Gasteiger partial charge in [0.25, 0.3) is 0 Å². The summed E-state index contributed by atoms with van der Waals surface area (Å²) in [5, 5.41) is 0. The largest absolute Gasteiger partial charge is 0.466 e. The minimum Gasteiger partial charge on any atom is -0.466 e. The minimum atomic E-state index is -0.221. The molecule has 4 rings (SSSR count). The van der Waals surface area contributed by atoms with Gasteiger partial charge in [0.15, 0.2) is 0 Å². The van der Waals surface area contributed by atoms with Crippen molar-refractivity contribution in [3.05, 3.63) is 23.3 Å². The van der Waals surface area contributed by atoms with Crippen LogP contribution in [-0.2, 0) is 14.3 Å². The number of methoxy groups -OCH3 is 1. The first-order chi connectivity index (χ1) is 16.2. The van der Waals surface area contributed by atoms with Crippen LogP contribution in [0.1, 0.15) is 119 Å². The van der Waals surface area contributed by atoms with Crippen LogP contribution in [0.4, 0.5) is 0 Å². The van der Waals surface area contributed by atoms with Crippen LogP contribution in [-0.4, -0.2) is 18.9 Å². The van der Waals surface area contributed by atoms with Gasteiger partial charge < -0.3 is 4.74 Å². The summed E-state index contributed by atoms with van der Waals surface area (Å²) in [6, 6.07) is 0. The Morgan fingerprint density at radius 2 is 1.88 bits per heavy atom. The number of esters is 1. The highest BCUT2D eigenvalue weighted by Gasteiger charge is 2.57. The molecule has 3 nitrogen and oxygen atoms in total. The number of hydrogen-bond donors (Lipinski definition) is 0. The zero-order valence-corrected chi connectivity index (χ0v) is 23.5. The number of carbonyl (C=O) groups is 2. The summed E-state index contributed by atoms with van der Waals surface area (Å²) in [6.07, 6.45) is 18.0. The Morgan fingerprint density at radius 1 is 1.18 bits per heavy atom. The maximum atomic E-state index is 12.2. The molecule has 6 unspecified atom stereocenters. The molecule has 0 aliphatic heterocycles. The van der Waals surface area contributed by atoms with E-state index in [0.717, 1.165) is 50.4 Å². The van der Waals surface area contributed by atoms with Crippen LogP contribution >= 0.6 is 0 Å². The maximum Gasteiger partial charge on any atom is 0.333 e. The average Bonchev–Trinajstić information content (AvgIpc) is 3.24. The summed E-state index contributed by atoms with van der Waals surface area (Å²) in [6.45, 7) is 15.2. The highest BCUT2D eigenvalue weighted by molar-refractivity contribution is 5.87. The quantitative estimate of drug-likeness (QED) is 0.178. The van der Waals surface area contributed by atoms with E-state index in [-0.39, 0.29) is 11.9 Å². The lowest BCUT2D eigenvalue weighted by Crippen LogP contribution is -2.51. The molecule has 0 bridgehead atoms. The number of Topliss-reactive ketones (excluding diaryl/α,β-unsaturated/α-hetero) is 1. The Hall–Kier alpha value is -1.38. The number of ether oxygens (including phenoxy) is 1. The second kappa shape index (κ2) is 12.5. The van der Waals surface area contributed by atoms with Gasteiger partial charge in [-0.05, 0) is 80.5 Å². The Balaban J connectivity index is 0.000000270. The first-order valence-electron chi connectivity index (χ1n) is 14.2. The molecule has 194 valence electrons. The lowest BCUT2D eigenvalue weighted by molar-refractivity contribution is -0.136. The number of rotatable bonds is 4. The van der Waals surface area contributed by atoms with E-state index in [1.807, 2.05) is 25.5 Å². The molecule has 6 atom stereocenters. The highest BCUT2D eigenvalue weighted by atomic mass is 16.5. The van der Waals surface area contributed by atoms with Crippen LogP contribution in [0.2, 0.25) is 0 Å². The van der Waals surface area contributed by atoms with Crippen molar-refractivity contribution in [1.29, 1.82) is 0 Å². The molecule has 0 saturated heterocycles. The van der Waals surface area contributed by atoms with Gasteiger partial charge in [0.2, 0.25) is 0 Å². The monoisotopic (exact) mass is 472 g/mol. The molecular weight excluding hydrogens is 420 g/mol. The van der Waals surface area contributed by atoms with Crippen molar-refractivity contribution in [2.24, 2.45) is 34.5 Å². The molecule has 3 saturated carbocycles. The first kappa shape index (κ1) is 28.9. The van der Waals surface area contributed by atoms with E-state index in [1.54, 1.807) is 6.92 Å². The standard InChI is InChI=1S/C20H30O.C9H16O2.C2H6/c1-13-15-8-9-16-17(20(15,3)12-10-18(13)21)7-6-14-5-4-11-19(14,16)2;1-4-5-6-7-8(2)9(10)11-3;1-2/h9,13-15,17H,4-8,10-12H2,1-3H3;7H,4-6H2,1-3H3;1-2H3/b;8-7-;. The van der Waals surface area contributed by atoms with Gasteiger partial charge in [-0.1, -0.05) is 78.5 Å². The second-order valence-corrected chi connectivity index (χ2v) is 11.4. The molecule has 0 spiro atoms. The van der Waals surface area contributed by atoms with Gasteiger partial charge >= 0.3 is 5.97 Å². The SMILES string of the molecule is CC.CC1C(=O)CCC2(C)C3CCC4CCCC4(C)C3=CCC12.CCCC/C=C(/C)C(=O)OC. The molecular formula is C31H52O3. The number of hydrogen-bond acceptors (Lipinski definition) is 3. The zero-order valence-electron chi connectivity index (χ0n) is 23.5. The Bertz CT molecular complexity index is 763. The van der Waals surface area contributed by atoms with Crippen LogP contribution in [0.25, 0.3) is 0 Å². The van der Waals surface area contributed by atoms with Crippen molar-refractivity contribution in [1.82, 2.24) is 0 Å². The van der Waals surface area contributed by atoms with Crippen LogP contribution < -0.4 is 0 Å². The highest BCUT2D eigenvalue weighted by Crippen LogP contribution is 2.65. The molecule has 0 aromatic carbocycles. The molecule has 4 aliphatic carbocycles. The molecule has 0 amide bonds. The second-order valence-electron chi connectivity index (χ2n) is 11.4. The molecule has 0 aromatic rings. The summed E-state index contributed by atoms with van der Waals surface area (Å²) in [5.74, 6) is 2.91. The fraction of sp³-hybridized carbons (Fsp3) is 0.806. The molecule has 0 heterocycles. The third kappa shape index (κ3) is 5.71. The lowest BCUT2D eigenvalue weighted by atomic mass is 9.46. The number of ketones is 1. The Morgan fingerprint density at radius 3 is 2.53 bits per heavy atom. The topological polar surface area (TPSA) is 43.4 Å². The van der Waals surface area contributed by atoms with Crippen molar-refractivity contribution >= 4 is 11.8 Å². The number of carbonyl (C=O) groups excluding carboxylic acids is 2. The van der Waals surface area contributed by atoms with E-state index in [1.165, 1.54) is 39.2 Å². The van der Waals surface area contributed by atoms with E-state index < -0.39 is 0 Å². The average molecular weight is 473 g/mol. The molecule has 4 aliphatic rings. The molecule has 3 heteroatoms. The number of allylic oxidation sites excluding steroid dienone is 3. The van der Waals surface area contributed by atoms with Crippen LogP contribution in [0.15, 0.2) is 23.3 Å². The summed E-state index contributed by atoms with van der Waals surface area (Å²) < 4.78 is 4.54. The van der Waals surface area contributed by atoms with E-state index in [4.69, 9.17) is 0 Å². The third-order valence-corrected chi connectivity index (χ3v) is 9.76. The fourth-order valence-corrected chi connectivity index (χ4v) is 7.59. The fourth-order valence-electron chi connectivity index (χ4n) is 7.59.